The van der Waals surface area contributed by atoms with Crippen LogP contribution in [0, 0.1) is 6.92 Å². The van der Waals surface area contributed by atoms with Gasteiger partial charge in [-0.3, -0.25) is 9.36 Å². The van der Waals surface area contributed by atoms with Gasteiger partial charge in [0.05, 0.1) is 28.3 Å². The fourth-order valence-electron chi connectivity index (χ4n) is 4.25. The van der Waals surface area contributed by atoms with E-state index in [9.17, 15) is 13.2 Å². The molecule has 1 saturated heterocycles. The van der Waals surface area contributed by atoms with Crippen LogP contribution < -0.4 is 0 Å². The number of aryl methyl sites for hydroxylation is 1. The Hall–Kier alpha value is -2.32. The molecule has 0 N–H and O–H groups in total. The van der Waals surface area contributed by atoms with Gasteiger partial charge in [0.2, 0.25) is 5.91 Å². The number of para-hydroxylation sites is 2. The maximum atomic E-state index is 13.3. The molecule has 2 aromatic carbocycles. The van der Waals surface area contributed by atoms with E-state index in [1.807, 2.05) is 38.1 Å². The predicted molar refractivity (Wildman–Crippen MR) is 130 cm³/mol. The first-order chi connectivity index (χ1) is 15.3. The molecule has 0 bridgehead atoms. The predicted octanol–water partition coefficient (Wildman–Crippen LogP) is 4.24. The number of hydrogen-bond acceptors (Lipinski definition) is 5. The van der Waals surface area contributed by atoms with Gasteiger partial charge in [0.25, 0.3) is 0 Å². The van der Waals surface area contributed by atoms with Crippen LogP contribution in [0.1, 0.15) is 32.3 Å². The summed E-state index contributed by atoms with van der Waals surface area (Å²) in [6.07, 6.45) is 1.31. The van der Waals surface area contributed by atoms with Crippen molar-refractivity contribution in [2.45, 2.75) is 50.9 Å². The molecule has 1 fully saturated rings. The largest absolute Gasteiger partial charge is 0.335 e. The molecule has 1 aliphatic heterocycles. The number of rotatable bonds is 7. The fourth-order valence-corrected chi connectivity index (χ4v) is 6.85. The molecule has 6 nitrogen and oxygen atoms in total. The second-order valence-electron chi connectivity index (χ2n) is 8.46. The fraction of sp³-hybridized carbons (Fsp3) is 0.417. The highest BCUT2D eigenvalue weighted by molar-refractivity contribution is 7.99. The van der Waals surface area contributed by atoms with Gasteiger partial charge in [0.15, 0.2) is 15.0 Å². The maximum Gasteiger partial charge on any atom is 0.233 e. The van der Waals surface area contributed by atoms with Crippen LogP contribution in [0.3, 0.4) is 0 Å². The molecule has 1 aliphatic rings. The summed E-state index contributed by atoms with van der Waals surface area (Å²) in [6, 6.07) is 16.0. The molecule has 1 amide bonds. The standard InChI is InChI=1S/C24H29N3O3S2/c1-4-18(3)26(20-13-14-32(29,30)16-20)23(28)15-31-24-25-21-7-5-6-8-22(21)27(24)19-11-9-17(2)10-12-19/h5-12,18,20H,4,13-16H2,1-3H3/t18-,20-/m0/s1. The van der Waals surface area contributed by atoms with Gasteiger partial charge in [0, 0.05) is 17.8 Å². The molecular formula is C24H29N3O3S2. The van der Waals surface area contributed by atoms with Crippen molar-refractivity contribution in [2.24, 2.45) is 0 Å². The van der Waals surface area contributed by atoms with Crippen molar-refractivity contribution in [1.82, 2.24) is 14.5 Å². The Morgan fingerprint density at radius 1 is 1.22 bits per heavy atom. The van der Waals surface area contributed by atoms with Gasteiger partial charge in [-0.1, -0.05) is 48.5 Å². The van der Waals surface area contributed by atoms with Gasteiger partial charge in [0.1, 0.15) is 0 Å². The van der Waals surface area contributed by atoms with E-state index in [2.05, 4.69) is 35.8 Å². The van der Waals surface area contributed by atoms with Crippen molar-refractivity contribution in [3.63, 3.8) is 0 Å². The minimum atomic E-state index is -3.06. The first kappa shape index (κ1) is 22.9. The lowest BCUT2D eigenvalue weighted by molar-refractivity contribution is -0.132. The summed E-state index contributed by atoms with van der Waals surface area (Å²) >= 11 is 1.41. The summed E-state index contributed by atoms with van der Waals surface area (Å²) in [5, 5.41) is 0.756. The highest BCUT2D eigenvalue weighted by Gasteiger charge is 2.36. The van der Waals surface area contributed by atoms with E-state index in [-0.39, 0.29) is 35.2 Å². The van der Waals surface area contributed by atoms with Crippen LogP contribution in [0.5, 0.6) is 0 Å². The Kier molecular flexibility index (Phi) is 6.62. The van der Waals surface area contributed by atoms with E-state index in [4.69, 9.17) is 4.98 Å². The molecule has 2 heterocycles. The number of carbonyl (C=O) groups is 1. The third-order valence-corrected chi connectivity index (χ3v) is 8.78. The number of benzene rings is 2. The quantitative estimate of drug-likeness (QED) is 0.482. The zero-order valence-electron chi connectivity index (χ0n) is 18.7. The van der Waals surface area contributed by atoms with Crippen molar-refractivity contribution in [3.8, 4) is 5.69 Å². The average molecular weight is 472 g/mol. The number of imidazole rings is 1. The lowest BCUT2D eigenvalue weighted by atomic mass is 10.1. The molecule has 0 unspecified atom stereocenters. The van der Waals surface area contributed by atoms with Crippen LogP contribution in [0.25, 0.3) is 16.7 Å². The van der Waals surface area contributed by atoms with Crippen molar-refractivity contribution in [3.05, 3.63) is 54.1 Å². The summed E-state index contributed by atoms with van der Waals surface area (Å²) in [5.41, 5.74) is 4.05. The molecule has 0 spiro atoms. The van der Waals surface area contributed by atoms with Gasteiger partial charge in [-0.2, -0.15) is 0 Å². The average Bonchev–Trinajstić information content (AvgIpc) is 3.32. The molecule has 0 radical (unpaired) electrons. The monoisotopic (exact) mass is 471 g/mol. The zero-order chi connectivity index (χ0) is 22.9. The Bertz CT molecular complexity index is 1220. The Morgan fingerprint density at radius 3 is 2.59 bits per heavy atom. The molecule has 0 saturated carbocycles. The lowest BCUT2D eigenvalue weighted by Crippen LogP contribution is -2.47. The van der Waals surface area contributed by atoms with Gasteiger partial charge in [-0.25, -0.2) is 13.4 Å². The van der Waals surface area contributed by atoms with Crippen molar-refractivity contribution in [1.29, 1.82) is 0 Å². The molecule has 8 heteroatoms. The molecule has 1 aromatic heterocycles. The minimum absolute atomic E-state index is 0.00249. The Labute approximate surface area is 193 Å². The summed E-state index contributed by atoms with van der Waals surface area (Å²) < 4.78 is 26.1. The Balaban J connectivity index is 1.61. The van der Waals surface area contributed by atoms with Crippen molar-refractivity contribution in [2.75, 3.05) is 17.3 Å². The van der Waals surface area contributed by atoms with E-state index in [1.165, 1.54) is 17.3 Å². The second kappa shape index (κ2) is 9.27. The van der Waals surface area contributed by atoms with E-state index < -0.39 is 9.84 Å². The maximum absolute atomic E-state index is 13.3. The van der Waals surface area contributed by atoms with Crippen LogP contribution in [0.4, 0.5) is 0 Å². The minimum Gasteiger partial charge on any atom is -0.335 e. The highest BCUT2D eigenvalue weighted by Crippen LogP contribution is 2.29. The van der Waals surface area contributed by atoms with E-state index >= 15 is 0 Å². The summed E-state index contributed by atoms with van der Waals surface area (Å²) in [4.78, 5) is 19.9. The number of sulfone groups is 1. The first-order valence-electron chi connectivity index (χ1n) is 11.0. The lowest BCUT2D eigenvalue weighted by Gasteiger charge is -2.33. The van der Waals surface area contributed by atoms with Crippen LogP contribution in [0.2, 0.25) is 0 Å². The Morgan fingerprint density at radius 2 is 1.94 bits per heavy atom. The van der Waals surface area contributed by atoms with Crippen LogP contribution >= 0.6 is 11.8 Å². The molecule has 2 atom stereocenters. The van der Waals surface area contributed by atoms with E-state index in [1.54, 1.807) is 4.90 Å². The molecule has 4 rings (SSSR count). The highest BCUT2D eigenvalue weighted by atomic mass is 32.2. The molecule has 0 aliphatic carbocycles. The molecule has 32 heavy (non-hydrogen) atoms. The second-order valence-corrected chi connectivity index (χ2v) is 11.6. The first-order valence-corrected chi connectivity index (χ1v) is 13.8. The van der Waals surface area contributed by atoms with Gasteiger partial charge < -0.3 is 4.90 Å². The summed E-state index contributed by atoms with van der Waals surface area (Å²) in [5.74, 6) is 0.411. The van der Waals surface area contributed by atoms with E-state index in [0.717, 1.165) is 28.3 Å². The number of aromatic nitrogens is 2. The third-order valence-electron chi connectivity index (χ3n) is 6.10. The number of thioether (sulfide) groups is 1. The zero-order valence-corrected chi connectivity index (χ0v) is 20.3. The van der Waals surface area contributed by atoms with Gasteiger partial charge >= 0.3 is 0 Å². The smallest absolute Gasteiger partial charge is 0.233 e. The number of nitrogens with zero attached hydrogens (tertiary/aromatic N) is 3. The molecule has 3 aromatic rings. The third kappa shape index (κ3) is 4.71. The van der Waals surface area contributed by atoms with Crippen LogP contribution in [-0.4, -0.2) is 58.1 Å². The van der Waals surface area contributed by atoms with Crippen LogP contribution in [0.15, 0.2) is 53.7 Å². The summed E-state index contributed by atoms with van der Waals surface area (Å²) in [7, 11) is -3.06. The van der Waals surface area contributed by atoms with Gasteiger partial charge in [-0.05, 0) is 51.0 Å². The van der Waals surface area contributed by atoms with Crippen molar-refractivity contribution >= 4 is 38.5 Å². The van der Waals surface area contributed by atoms with Gasteiger partial charge in [-0.15, -0.1) is 0 Å². The molecular weight excluding hydrogens is 442 g/mol. The number of amides is 1. The van der Waals surface area contributed by atoms with Crippen LogP contribution in [-0.2, 0) is 14.6 Å². The number of fused-ring (bicyclic) bond motifs is 1. The number of hydrogen-bond donors (Lipinski definition) is 0. The van der Waals surface area contributed by atoms with Crippen molar-refractivity contribution < 1.29 is 13.2 Å². The topological polar surface area (TPSA) is 72.3 Å². The summed E-state index contributed by atoms with van der Waals surface area (Å²) in [6.45, 7) is 6.07. The van der Waals surface area contributed by atoms with E-state index in [0.29, 0.717) is 6.42 Å². The number of carbonyl (C=O) groups excluding carboxylic acids is 1. The SMILES string of the molecule is CC[C@H](C)N(C(=O)CSc1nc2ccccc2n1-c1ccc(C)cc1)[C@H]1CCS(=O)(=O)C1. The molecule has 170 valence electrons. The normalized spacial score (nSPS) is 18.7.